The van der Waals surface area contributed by atoms with Gasteiger partial charge >= 0.3 is 0 Å². The van der Waals surface area contributed by atoms with Gasteiger partial charge in [0.05, 0.1) is 5.69 Å². The van der Waals surface area contributed by atoms with Crippen molar-refractivity contribution >= 4 is 17.5 Å². The molecule has 5 heteroatoms. The van der Waals surface area contributed by atoms with Crippen LogP contribution < -0.4 is 10.2 Å². The lowest BCUT2D eigenvalue weighted by Crippen LogP contribution is -2.33. The zero-order valence-corrected chi connectivity index (χ0v) is 12.6. The van der Waals surface area contributed by atoms with Gasteiger partial charge in [0.1, 0.15) is 0 Å². The highest BCUT2D eigenvalue weighted by atomic mass is 16.2. The number of hydrogen-bond donors (Lipinski definition) is 1. The van der Waals surface area contributed by atoms with Crippen molar-refractivity contribution in [2.24, 2.45) is 0 Å². The van der Waals surface area contributed by atoms with Crippen molar-refractivity contribution in [1.29, 1.82) is 0 Å². The van der Waals surface area contributed by atoms with Crippen LogP contribution in [0, 0.1) is 0 Å². The van der Waals surface area contributed by atoms with Crippen molar-refractivity contribution < 1.29 is 9.59 Å². The van der Waals surface area contributed by atoms with Crippen molar-refractivity contribution in [1.82, 2.24) is 10.2 Å². The number of hydrogen-bond acceptors (Lipinski definition) is 3. The van der Waals surface area contributed by atoms with Crippen molar-refractivity contribution in [2.75, 3.05) is 38.6 Å². The third kappa shape index (κ3) is 2.65. The third-order valence-corrected chi connectivity index (χ3v) is 4.16. The van der Waals surface area contributed by atoms with Gasteiger partial charge in [0.25, 0.3) is 5.91 Å². The zero-order chi connectivity index (χ0) is 15.0. The molecule has 21 heavy (non-hydrogen) atoms. The average Bonchev–Trinajstić information content (AvgIpc) is 2.87. The van der Waals surface area contributed by atoms with E-state index in [0.717, 1.165) is 48.3 Å². The highest BCUT2D eigenvalue weighted by Crippen LogP contribution is 2.37. The molecule has 2 heterocycles. The molecule has 1 aromatic carbocycles. The fourth-order valence-electron chi connectivity index (χ4n) is 3.08. The Hall–Kier alpha value is -1.88. The lowest BCUT2D eigenvalue weighted by Gasteiger charge is -2.25. The van der Waals surface area contributed by atoms with E-state index in [1.807, 2.05) is 36.0 Å². The van der Waals surface area contributed by atoms with E-state index < -0.39 is 0 Å². The summed E-state index contributed by atoms with van der Waals surface area (Å²) in [6, 6.07) is 3.90. The van der Waals surface area contributed by atoms with Crippen LogP contribution in [0.3, 0.4) is 0 Å². The molecule has 1 aromatic rings. The Morgan fingerprint density at radius 2 is 1.95 bits per heavy atom. The first kappa shape index (κ1) is 14.1. The molecule has 0 saturated heterocycles. The molecule has 0 unspecified atom stereocenters. The van der Waals surface area contributed by atoms with Crippen LogP contribution in [-0.4, -0.2) is 50.4 Å². The number of amides is 2. The molecule has 0 bridgehead atoms. The summed E-state index contributed by atoms with van der Waals surface area (Å²) in [7, 11) is 3.97. The van der Waals surface area contributed by atoms with Crippen LogP contribution in [0.4, 0.5) is 5.69 Å². The molecule has 2 aliphatic heterocycles. The van der Waals surface area contributed by atoms with Gasteiger partial charge in [-0.15, -0.1) is 0 Å². The number of carbonyl (C=O) groups excluding carboxylic acids is 2. The van der Waals surface area contributed by atoms with Crippen LogP contribution in [0.1, 0.15) is 27.9 Å². The second-order valence-electron chi connectivity index (χ2n) is 6.00. The minimum atomic E-state index is -0.0220. The number of anilines is 1. The quantitative estimate of drug-likeness (QED) is 0.892. The number of rotatable bonds is 4. The maximum absolute atomic E-state index is 12.2. The summed E-state index contributed by atoms with van der Waals surface area (Å²) in [5, 5.41) is 2.95. The van der Waals surface area contributed by atoms with Crippen LogP contribution in [-0.2, 0) is 17.6 Å². The van der Waals surface area contributed by atoms with Crippen LogP contribution in [0.5, 0.6) is 0 Å². The van der Waals surface area contributed by atoms with Crippen LogP contribution in [0.25, 0.3) is 0 Å². The summed E-state index contributed by atoms with van der Waals surface area (Å²) < 4.78 is 0. The fraction of sp³-hybridized carbons (Fsp3) is 0.500. The van der Waals surface area contributed by atoms with E-state index in [4.69, 9.17) is 0 Å². The topological polar surface area (TPSA) is 52.7 Å². The molecule has 0 aromatic heterocycles. The Bertz CT molecular complexity index is 595. The molecule has 1 N–H and O–H groups in total. The first-order chi connectivity index (χ1) is 10.1. The summed E-state index contributed by atoms with van der Waals surface area (Å²) in [6.07, 6.45) is 2.15. The second-order valence-corrected chi connectivity index (χ2v) is 6.00. The number of nitrogens with one attached hydrogen (secondary N) is 1. The van der Waals surface area contributed by atoms with Crippen LogP contribution in [0.2, 0.25) is 0 Å². The van der Waals surface area contributed by atoms with Gasteiger partial charge in [0.2, 0.25) is 5.91 Å². The molecule has 0 spiro atoms. The average molecular weight is 287 g/mol. The van der Waals surface area contributed by atoms with E-state index in [1.165, 1.54) is 0 Å². The number of likely N-dealkylation sites (N-methyl/N-ethyl adjacent to an activating group) is 1. The first-order valence-electron chi connectivity index (χ1n) is 7.45. The van der Waals surface area contributed by atoms with Crippen molar-refractivity contribution in [3.05, 3.63) is 28.8 Å². The summed E-state index contributed by atoms with van der Waals surface area (Å²) in [6.45, 7) is 2.22. The first-order valence-corrected chi connectivity index (χ1v) is 7.45. The van der Waals surface area contributed by atoms with Gasteiger partial charge in [-0.3, -0.25) is 9.59 Å². The van der Waals surface area contributed by atoms with Gasteiger partial charge in [0, 0.05) is 31.6 Å². The van der Waals surface area contributed by atoms with E-state index in [-0.39, 0.29) is 11.8 Å². The summed E-state index contributed by atoms with van der Waals surface area (Å²) in [5.41, 5.74) is 4.07. The van der Waals surface area contributed by atoms with Gasteiger partial charge in [-0.2, -0.15) is 0 Å². The number of benzene rings is 1. The monoisotopic (exact) mass is 287 g/mol. The molecular formula is C16H21N3O2. The highest BCUT2D eigenvalue weighted by Gasteiger charge is 2.31. The maximum atomic E-state index is 12.2. The molecule has 0 radical (unpaired) electrons. The number of nitrogens with zero attached hydrogens (tertiary/aromatic N) is 2. The second kappa shape index (κ2) is 5.48. The minimum Gasteiger partial charge on any atom is -0.351 e. The SMILES string of the molecule is CN(C)CCNC(=O)c1cc2c3c(c1)CCN3C(=O)CC2. The molecule has 0 atom stereocenters. The van der Waals surface area contributed by atoms with Crippen molar-refractivity contribution in [2.45, 2.75) is 19.3 Å². The molecule has 2 amide bonds. The van der Waals surface area contributed by atoms with E-state index in [2.05, 4.69) is 5.32 Å². The van der Waals surface area contributed by atoms with Gasteiger partial charge in [0.15, 0.2) is 0 Å². The Labute approximate surface area is 124 Å². The minimum absolute atomic E-state index is 0.0220. The molecule has 0 saturated carbocycles. The molecule has 3 rings (SSSR count). The third-order valence-electron chi connectivity index (χ3n) is 4.16. The summed E-state index contributed by atoms with van der Waals surface area (Å²) in [4.78, 5) is 28.1. The van der Waals surface area contributed by atoms with Gasteiger partial charge in [-0.05, 0) is 50.2 Å². The smallest absolute Gasteiger partial charge is 0.251 e. The molecule has 2 aliphatic rings. The Morgan fingerprint density at radius 3 is 2.67 bits per heavy atom. The Morgan fingerprint density at radius 1 is 1.24 bits per heavy atom. The van der Waals surface area contributed by atoms with Gasteiger partial charge < -0.3 is 15.1 Å². The molecule has 0 fully saturated rings. The van der Waals surface area contributed by atoms with Crippen LogP contribution in [0.15, 0.2) is 12.1 Å². The Balaban J connectivity index is 1.80. The summed E-state index contributed by atoms with van der Waals surface area (Å²) >= 11 is 0. The normalized spacial score (nSPS) is 16.3. The molecule has 0 aliphatic carbocycles. The van der Waals surface area contributed by atoms with E-state index in [9.17, 15) is 9.59 Å². The van der Waals surface area contributed by atoms with Gasteiger partial charge in [-0.25, -0.2) is 0 Å². The fourth-order valence-corrected chi connectivity index (χ4v) is 3.08. The highest BCUT2D eigenvalue weighted by molar-refractivity contribution is 6.01. The van der Waals surface area contributed by atoms with Gasteiger partial charge in [-0.1, -0.05) is 0 Å². The zero-order valence-electron chi connectivity index (χ0n) is 12.6. The largest absolute Gasteiger partial charge is 0.351 e. The molecule has 112 valence electrons. The number of carbonyl (C=O) groups is 2. The van der Waals surface area contributed by atoms with Crippen molar-refractivity contribution in [3.8, 4) is 0 Å². The lowest BCUT2D eigenvalue weighted by molar-refractivity contribution is -0.118. The van der Waals surface area contributed by atoms with E-state index in [0.29, 0.717) is 13.0 Å². The lowest BCUT2D eigenvalue weighted by atomic mass is 9.96. The molecule has 5 nitrogen and oxygen atoms in total. The predicted octanol–water partition coefficient (Wildman–Crippen LogP) is 0.813. The summed E-state index contributed by atoms with van der Waals surface area (Å²) in [5.74, 6) is 0.190. The van der Waals surface area contributed by atoms with E-state index >= 15 is 0 Å². The van der Waals surface area contributed by atoms with Crippen LogP contribution >= 0.6 is 0 Å². The van der Waals surface area contributed by atoms with Crippen molar-refractivity contribution in [3.63, 3.8) is 0 Å². The maximum Gasteiger partial charge on any atom is 0.251 e. The molecular weight excluding hydrogens is 266 g/mol. The predicted molar refractivity (Wildman–Crippen MR) is 81.7 cm³/mol. The standard InChI is InChI=1S/C16H21N3O2/c1-18(2)8-6-17-16(21)13-9-11-3-4-14(20)19-7-5-12(10-13)15(11)19/h9-10H,3-8H2,1-2H3,(H,17,21). The number of aryl methyl sites for hydroxylation is 1. The van der Waals surface area contributed by atoms with E-state index in [1.54, 1.807) is 0 Å². The Kier molecular flexibility index (Phi) is 3.68.